The maximum Gasteiger partial charge on any atom is 0.255 e. The van der Waals surface area contributed by atoms with E-state index in [1.165, 1.54) is 6.33 Å². The topological polar surface area (TPSA) is 64.1 Å². The molecule has 3 aromatic rings. The Balaban J connectivity index is 1.64. The lowest BCUT2D eigenvalue weighted by atomic mass is 10.1. The van der Waals surface area contributed by atoms with Gasteiger partial charge in [-0.25, -0.2) is 9.97 Å². The zero-order valence-electron chi connectivity index (χ0n) is 13.1. The second-order valence-corrected chi connectivity index (χ2v) is 5.16. The van der Waals surface area contributed by atoms with Crippen LogP contribution >= 0.6 is 0 Å². The first-order valence-corrected chi connectivity index (χ1v) is 7.67. The van der Waals surface area contributed by atoms with Gasteiger partial charge in [0.25, 0.3) is 5.91 Å². The first-order chi connectivity index (χ1) is 11.8. The van der Waals surface area contributed by atoms with Gasteiger partial charge in [0.1, 0.15) is 17.8 Å². The summed E-state index contributed by atoms with van der Waals surface area (Å²) in [4.78, 5) is 20.3. The first kappa shape index (κ1) is 15.7. The zero-order valence-corrected chi connectivity index (χ0v) is 13.1. The Morgan fingerprint density at radius 2 is 1.67 bits per heavy atom. The van der Waals surface area contributed by atoms with Gasteiger partial charge < -0.3 is 10.1 Å². The molecule has 2 aromatic carbocycles. The highest BCUT2D eigenvalue weighted by Gasteiger charge is 2.12. The van der Waals surface area contributed by atoms with Crippen molar-refractivity contribution in [3.63, 3.8) is 0 Å². The Hall–Kier alpha value is -3.21. The van der Waals surface area contributed by atoms with Crippen LogP contribution in [0, 0.1) is 0 Å². The normalized spacial score (nSPS) is 10.2. The molecule has 0 aliphatic rings. The van der Waals surface area contributed by atoms with Crippen molar-refractivity contribution in [3.05, 3.63) is 84.4 Å². The van der Waals surface area contributed by atoms with Gasteiger partial charge in [-0.2, -0.15) is 0 Å². The van der Waals surface area contributed by atoms with Crippen molar-refractivity contribution in [2.24, 2.45) is 0 Å². The van der Waals surface area contributed by atoms with Crippen molar-refractivity contribution >= 4 is 5.91 Å². The van der Waals surface area contributed by atoms with Gasteiger partial charge in [0.2, 0.25) is 0 Å². The van der Waals surface area contributed by atoms with E-state index in [9.17, 15) is 4.79 Å². The molecule has 1 N–H and O–H groups in total. The number of para-hydroxylation sites is 2. The summed E-state index contributed by atoms with van der Waals surface area (Å²) in [6, 6.07) is 16.6. The third kappa shape index (κ3) is 4.16. The van der Waals surface area contributed by atoms with Crippen LogP contribution < -0.4 is 10.1 Å². The third-order valence-electron chi connectivity index (χ3n) is 3.42. The van der Waals surface area contributed by atoms with Gasteiger partial charge >= 0.3 is 0 Å². The van der Waals surface area contributed by atoms with Crippen molar-refractivity contribution in [2.75, 3.05) is 6.54 Å². The van der Waals surface area contributed by atoms with E-state index in [0.29, 0.717) is 30.0 Å². The quantitative estimate of drug-likeness (QED) is 0.757. The first-order valence-electron chi connectivity index (χ1n) is 7.67. The van der Waals surface area contributed by atoms with Crippen molar-refractivity contribution in [2.45, 2.75) is 6.42 Å². The number of ether oxygens (including phenoxy) is 1. The number of carbonyl (C=O) groups is 1. The Kier molecular flexibility index (Phi) is 5.14. The van der Waals surface area contributed by atoms with E-state index < -0.39 is 0 Å². The molecule has 1 amide bonds. The highest BCUT2D eigenvalue weighted by Crippen LogP contribution is 2.24. The Morgan fingerprint density at radius 1 is 0.958 bits per heavy atom. The predicted octanol–water partition coefficient (Wildman–Crippen LogP) is 3.24. The van der Waals surface area contributed by atoms with Crippen LogP contribution in [0.2, 0.25) is 0 Å². The summed E-state index contributed by atoms with van der Waals surface area (Å²) in [5.74, 6) is 1.06. The van der Waals surface area contributed by atoms with Crippen LogP contribution in [0.15, 0.2) is 73.3 Å². The van der Waals surface area contributed by atoms with Gasteiger partial charge in [0, 0.05) is 18.9 Å². The number of benzene rings is 2. The minimum atomic E-state index is -0.168. The molecule has 120 valence electrons. The molecule has 0 aliphatic heterocycles. The van der Waals surface area contributed by atoms with E-state index in [1.807, 2.05) is 42.5 Å². The largest absolute Gasteiger partial charge is 0.457 e. The maximum absolute atomic E-state index is 12.4. The van der Waals surface area contributed by atoms with Crippen molar-refractivity contribution in [1.82, 2.24) is 15.3 Å². The van der Waals surface area contributed by atoms with Crippen LogP contribution in [0.5, 0.6) is 11.5 Å². The molecule has 0 bridgehead atoms. The van der Waals surface area contributed by atoms with E-state index in [0.717, 1.165) is 5.56 Å². The van der Waals surface area contributed by atoms with E-state index in [-0.39, 0.29) is 5.91 Å². The van der Waals surface area contributed by atoms with E-state index in [2.05, 4.69) is 15.3 Å². The summed E-state index contributed by atoms with van der Waals surface area (Å²) in [5, 5.41) is 2.90. The van der Waals surface area contributed by atoms with Gasteiger partial charge in [0.05, 0.1) is 5.56 Å². The molecule has 5 nitrogen and oxygen atoms in total. The number of carbonyl (C=O) groups excluding carboxylic acids is 1. The van der Waals surface area contributed by atoms with Crippen molar-refractivity contribution < 1.29 is 9.53 Å². The molecule has 1 heterocycles. The SMILES string of the molecule is O=C(NCCc1cncnc1)c1ccccc1Oc1ccccc1. The second-order valence-electron chi connectivity index (χ2n) is 5.16. The smallest absolute Gasteiger partial charge is 0.255 e. The van der Waals surface area contributed by atoms with Gasteiger partial charge in [-0.3, -0.25) is 4.79 Å². The summed E-state index contributed by atoms with van der Waals surface area (Å²) in [6.45, 7) is 0.506. The van der Waals surface area contributed by atoms with Crippen LogP contribution in [-0.4, -0.2) is 22.4 Å². The summed E-state index contributed by atoms with van der Waals surface area (Å²) in [7, 11) is 0. The lowest BCUT2D eigenvalue weighted by molar-refractivity contribution is 0.0952. The number of rotatable bonds is 6. The van der Waals surface area contributed by atoms with Gasteiger partial charge in [-0.05, 0) is 36.2 Å². The summed E-state index contributed by atoms with van der Waals surface area (Å²) >= 11 is 0. The highest BCUT2D eigenvalue weighted by molar-refractivity contribution is 5.97. The second kappa shape index (κ2) is 7.87. The fraction of sp³-hybridized carbons (Fsp3) is 0.105. The Bertz CT molecular complexity index is 792. The minimum Gasteiger partial charge on any atom is -0.457 e. The number of hydrogen-bond acceptors (Lipinski definition) is 4. The summed E-state index contributed by atoms with van der Waals surface area (Å²) in [5.41, 5.74) is 1.48. The molecule has 5 heteroatoms. The van der Waals surface area contributed by atoms with Crippen LogP contribution in [0.4, 0.5) is 0 Å². The lowest BCUT2D eigenvalue weighted by Crippen LogP contribution is -2.26. The minimum absolute atomic E-state index is 0.168. The van der Waals surface area contributed by atoms with Gasteiger partial charge in [0.15, 0.2) is 0 Å². The fourth-order valence-corrected chi connectivity index (χ4v) is 2.23. The number of amides is 1. The number of nitrogens with one attached hydrogen (secondary N) is 1. The van der Waals surface area contributed by atoms with E-state index in [4.69, 9.17) is 4.74 Å². The molecule has 0 fully saturated rings. The molecule has 0 radical (unpaired) electrons. The van der Waals surface area contributed by atoms with E-state index in [1.54, 1.807) is 24.5 Å². The zero-order chi connectivity index (χ0) is 16.6. The third-order valence-corrected chi connectivity index (χ3v) is 3.42. The number of hydrogen-bond donors (Lipinski definition) is 1. The lowest BCUT2D eigenvalue weighted by Gasteiger charge is -2.11. The van der Waals surface area contributed by atoms with Gasteiger partial charge in [-0.1, -0.05) is 30.3 Å². The molecule has 0 aliphatic carbocycles. The number of nitrogens with zero attached hydrogens (tertiary/aromatic N) is 2. The molecule has 0 spiro atoms. The van der Waals surface area contributed by atoms with Crippen LogP contribution in [0.25, 0.3) is 0 Å². The highest BCUT2D eigenvalue weighted by atomic mass is 16.5. The van der Waals surface area contributed by atoms with Crippen molar-refractivity contribution in [1.29, 1.82) is 0 Å². The van der Waals surface area contributed by atoms with E-state index >= 15 is 0 Å². The molecular weight excluding hydrogens is 302 g/mol. The number of aromatic nitrogens is 2. The maximum atomic E-state index is 12.4. The summed E-state index contributed by atoms with van der Waals surface area (Å²) < 4.78 is 5.81. The molecule has 0 saturated carbocycles. The fourth-order valence-electron chi connectivity index (χ4n) is 2.23. The molecule has 24 heavy (non-hydrogen) atoms. The molecule has 0 atom stereocenters. The van der Waals surface area contributed by atoms with Crippen LogP contribution in [0.3, 0.4) is 0 Å². The van der Waals surface area contributed by atoms with Crippen molar-refractivity contribution in [3.8, 4) is 11.5 Å². The van der Waals surface area contributed by atoms with Gasteiger partial charge in [-0.15, -0.1) is 0 Å². The summed E-state index contributed by atoms with van der Waals surface area (Å²) in [6.07, 6.45) is 5.64. The monoisotopic (exact) mass is 319 g/mol. The Labute approximate surface area is 140 Å². The van der Waals surface area contributed by atoms with Crippen LogP contribution in [-0.2, 0) is 6.42 Å². The molecule has 3 rings (SSSR count). The molecule has 1 aromatic heterocycles. The predicted molar refractivity (Wildman–Crippen MR) is 91.0 cm³/mol. The molecule has 0 saturated heterocycles. The Morgan fingerprint density at radius 3 is 2.46 bits per heavy atom. The molecule has 0 unspecified atom stereocenters. The average molecular weight is 319 g/mol. The standard InChI is InChI=1S/C19H17N3O2/c23-19(22-11-10-15-12-20-14-21-13-15)17-8-4-5-9-18(17)24-16-6-2-1-3-7-16/h1-9,12-14H,10-11H2,(H,22,23). The molecular formula is C19H17N3O2. The van der Waals surface area contributed by atoms with Crippen LogP contribution in [0.1, 0.15) is 15.9 Å². The average Bonchev–Trinajstić information content (AvgIpc) is 2.64.